The van der Waals surface area contributed by atoms with E-state index in [1.165, 1.54) is 6.07 Å². The van der Waals surface area contributed by atoms with Crippen LogP contribution in [0, 0.1) is 11.7 Å². The minimum atomic E-state index is -0.173. The van der Waals surface area contributed by atoms with Crippen molar-refractivity contribution in [3.63, 3.8) is 0 Å². The highest BCUT2D eigenvalue weighted by molar-refractivity contribution is 5.99. The van der Waals surface area contributed by atoms with Gasteiger partial charge in [-0.1, -0.05) is 18.2 Å². The first-order valence-electron chi connectivity index (χ1n) is 8.84. The van der Waals surface area contributed by atoms with Gasteiger partial charge < -0.3 is 0 Å². The molecule has 1 N–H and O–H groups in total. The minimum Gasteiger partial charge on any atom is -0.299 e. The number of rotatable bonds is 5. The Kier molecular flexibility index (Phi) is 6.07. The third-order valence-electron chi connectivity index (χ3n) is 4.74. The minimum absolute atomic E-state index is 0.0519. The predicted molar refractivity (Wildman–Crippen MR) is 99.0 cm³/mol. The summed E-state index contributed by atoms with van der Waals surface area (Å²) in [4.78, 5) is 18.5. The molecule has 0 spiro atoms. The first-order valence-corrected chi connectivity index (χ1v) is 8.84. The number of aromatic nitrogens is 1. The second-order valence-electron chi connectivity index (χ2n) is 6.55. The average molecular weight is 354 g/mol. The van der Waals surface area contributed by atoms with Gasteiger partial charge in [0.05, 0.1) is 5.71 Å². The third-order valence-corrected chi connectivity index (χ3v) is 4.74. The van der Waals surface area contributed by atoms with Gasteiger partial charge in [0, 0.05) is 36.0 Å². The van der Waals surface area contributed by atoms with Crippen LogP contribution in [0.2, 0.25) is 0 Å². The lowest BCUT2D eigenvalue weighted by atomic mass is 9.96. The normalized spacial score (nSPS) is 16.5. The molecule has 1 aromatic carbocycles. The highest BCUT2D eigenvalue weighted by atomic mass is 19.1. The van der Waals surface area contributed by atoms with E-state index in [0.717, 1.165) is 37.2 Å². The van der Waals surface area contributed by atoms with Gasteiger partial charge in [0.15, 0.2) is 0 Å². The van der Waals surface area contributed by atoms with E-state index in [0.29, 0.717) is 12.1 Å². The van der Waals surface area contributed by atoms with Crippen molar-refractivity contribution >= 4 is 11.6 Å². The van der Waals surface area contributed by atoms with E-state index in [-0.39, 0.29) is 17.6 Å². The van der Waals surface area contributed by atoms with Crippen molar-refractivity contribution in [1.29, 1.82) is 0 Å². The molecule has 2 heterocycles. The Morgan fingerprint density at radius 3 is 2.62 bits per heavy atom. The molecule has 1 fully saturated rings. The first kappa shape index (κ1) is 18.2. The van der Waals surface area contributed by atoms with E-state index in [1.54, 1.807) is 18.5 Å². The van der Waals surface area contributed by atoms with Crippen LogP contribution in [0.3, 0.4) is 0 Å². The van der Waals surface area contributed by atoms with E-state index in [1.807, 2.05) is 31.2 Å². The number of hydrazone groups is 1. The van der Waals surface area contributed by atoms with Crippen molar-refractivity contribution in [3.8, 4) is 0 Å². The van der Waals surface area contributed by atoms with Crippen molar-refractivity contribution < 1.29 is 9.18 Å². The van der Waals surface area contributed by atoms with E-state index >= 15 is 0 Å². The smallest absolute Gasteiger partial charge is 0.243 e. The van der Waals surface area contributed by atoms with Gasteiger partial charge in [0.2, 0.25) is 5.91 Å². The Labute approximate surface area is 152 Å². The fourth-order valence-corrected chi connectivity index (χ4v) is 3.11. The molecule has 26 heavy (non-hydrogen) atoms. The van der Waals surface area contributed by atoms with Crippen molar-refractivity contribution in [1.82, 2.24) is 15.3 Å². The predicted octanol–water partition coefficient (Wildman–Crippen LogP) is 2.97. The van der Waals surface area contributed by atoms with Gasteiger partial charge in [-0.05, 0) is 51.1 Å². The summed E-state index contributed by atoms with van der Waals surface area (Å²) in [7, 11) is 0. The summed E-state index contributed by atoms with van der Waals surface area (Å²) in [6.07, 6.45) is 4.90. The highest BCUT2D eigenvalue weighted by Gasteiger charge is 2.25. The second-order valence-corrected chi connectivity index (χ2v) is 6.55. The topological polar surface area (TPSA) is 57.6 Å². The van der Waals surface area contributed by atoms with Crippen molar-refractivity contribution in [2.45, 2.75) is 26.3 Å². The molecular weight excluding hydrogens is 331 g/mol. The van der Waals surface area contributed by atoms with Crippen LogP contribution in [0.25, 0.3) is 0 Å². The zero-order chi connectivity index (χ0) is 18.4. The number of hydrogen-bond donors (Lipinski definition) is 1. The number of benzene rings is 1. The summed E-state index contributed by atoms with van der Waals surface area (Å²) in [5.41, 5.74) is 5.05. The Bertz CT molecular complexity index is 770. The number of hydrogen-bond acceptors (Lipinski definition) is 4. The highest BCUT2D eigenvalue weighted by Crippen LogP contribution is 2.20. The van der Waals surface area contributed by atoms with Crippen molar-refractivity contribution in [2.24, 2.45) is 11.0 Å². The molecule has 136 valence electrons. The zero-order valence-corrected chi connectivity index (χ0v) is 14.9. The molecule has 0 atom stereocenters. The Balaban J connectivity index is 1.48. The standard InChI is InChI=1S/C20H23FN4O/c1-15(16-6-10-22-11-7-16)23-24-20(26)17-8-12-25(13-9-17)14-18-4-2-3-5-19(18)21/h2-7,10-11,17H,8-9,12-14H2,1H3,(H,24,26). The molecule has 0 bridgehead atoms. The molecule has 0 unspecified atom stereocenters. The number of nitrogens with one attached hydrogen (secondary N) is 1. The molecule has 0 saturated carbocycles. The molecule has 5 nitrogen and oxygen atoms in total. The molecule has 1 aliphatic heterocycles. The number of halogens is 1. The molecule has 6 heteroatoms. The van der Waals surface area contributed by atoms with Gasteiger partial charge in [0.25, 0.3) is 0 Å². The molecule has 3 rings (SSSR count). The van der Waals surface area contributed by atoms with Gasteiger partial charge in [0.1, 0.15) is 5.82 Å². The van der Waals surface area contributed by atoms with Crippen LogP contribution in [0.4, 0.5) is 4.39 Å². The lowest BCUT2D eigenvalue weighted by molar-refractivity contribution is -0.126. The van der Waals surface area contributed by atoms with Crippen molar-refractivity contribution in [3.05, 3.63) is 65.7 Å². The zero-order valence-electron chi connectivity index (χ0n) is 14.9. The number of piperidine rings is 1. The number of amides is 1. The van der Waals surface area contributed by atoms with Crippen molar-refractivity contribution in [2.75, 3.05) is 13.1 Å². The van der Waals surface area contributed by atoms with Gasteiger partial charge in [-0.15, -0.1) is 0 Å². The van der Waals surface area contributed by atoms with Crippen LogP contribution < -0.4 is 5.43 Å². The lowest BCUT2D eigenvalue weighted by Crippen LogP contribution is -2.39. The van der Waals surface area contributed by atoms with E-state index in [4.69, 9.17) is 0 Å². The molecular formula is C20H23FN4O. The number of carbonyl (C=O) groups excluding carboxylic acids is 1. The van der Waals surface area contributed by atoms with Crippen LogP contribution in [-0.2, 0) is 11.3 Å². The summed E-state index contributed by atoms with van der Waals surface area (Å²) in [5, 5.41) is 4.19. The molecule has 1 amide bonds. The molecule has 1 aromatic heterocycles. The van der Waals surface area contributed by atoms with Gasteiger partial charge in [-0.2, -0.15) is 5.10 Å². The fraction of sp³-hybridized carbons (Fsp3) is 0.350. The maximum absolute atomic E-state index is 13.8. The molecule has 2 aromatic rings. The summed E-state index contributed by atoms with van der Waals surface area (Å²) >= 11 is 0. The Hall–Kier alpha value is -2.60. The Morgan fingerprint density at radius 2 is 1.92 bits per heavy atom. The van der Waals surface area contributed by atoms with E-state index in [2.05, 4.69) is 20.4 Å². The van der Waals surface area contributed by atoms with Crippen LogP contribution in [0.1, 0.15) is 30.9 Å². The second kappa shape index (κ2) is 8.67. The molecule has 1 aliphatic rings. The van der Waals surface area contributed by atoms with Crippen LogP contribution in [0.15, 0.2) is 53.9 Å². The molecule has 0 radical (unpaired) electrons. The fourth-order valence-electron chi connectivity index (χ4n) is 3.11. The maximum Gasteiger partial charge on any atom is 0.243 e. The summed E-state index contributed by atoms with van der Waals surface area (Å²) in [6.45, 7) is 3.99. The monoisotopic (exact) mass is 354 g/mol. The maximum atomic E-state index is 13.8. The van der Waals surface area contributed by atoms with Gasteiger partial charge in [-0.25, -0.2) is 9.82 Å². The van der Waals surface area contributed by atoms with Gasteiger partial charge in [-0.3, -0.25) is 14.7 Å². The lowest BCUT2D eigenvalue weighted by Gasteiger charge is -2.31. The number of pyridine rings is 1. The van der Waals surface area contributed by atoms with Crippen LogP contribution in [-0.4, -0.2) is 34.6 Å². The summed E-state index contributed by atoms with van der Waals surface area (Å²) in [5.74, 6) is -0.280. The summed E-state index contributed by atoms with van der Waals surface area (Å²) in [6, 6.07) is 10.5. The average Bonchev–Trinajstić information content (AvgIpc) is 2.69. The van der Waals surface area contributed by atoms with Crippen LogP contribution >= 0.6 is 0 Å². The molecule has 1 saturated heterocycles. The number of likely N-dealkylation sites (tertiary alicyclic amines) is 1. The number of nitrogens with zero attached hydrogens (tertiary/aromatic N) is 3. The Morgan fingerprint density at radius 1 is 1.23 bits per heavy atom. The molecule has 0 aliphatic carbocycles. The SMILES string of the molecule is CC(=NNC(=O)C1CCN(Cc2ccccc2F)CC1)c1ccncc1. The third kappa shape index (κ3) is 4.73. The summed E-state index contributed by atoms with van der Waals surface area (Å²) < 4.78 is 13.8. The quantitative estimate of drug-likeness (QED) is 0.663. The van der Waals surface area contributed by atoms with Crippen LogP contribution in [0.5, 0.6) is 0 Å². The van der Waals surface area contributed by atoms with E-state index < -0.39 is 0 Å². The largest absolute Gasteiger partial charge is 0.299 e. The van der Waals surface area contributed by atoms with E-state index in [9.17, 15) is 9.18 Å². The van der Waals surface area contributed by atoms with Gasteiger partial charge >= 0.3 is 0 Å². The number of carbonyl (C=O) groups is 1. The first-order chi connectivity index (χ1) is 12.6.